The van der Waals surface area contributed by atoms with Crippen LogP contribution in [0.2, 0.25) is 0 Å². The number of amides is 2. The van der Waals surface area contributed by atoms with Crippen LogP contribution in [0, 0.1) is 25.7 Å². The van der Waals surface area contributed by atoms with Crippen LogP contribution in [0.3, 0.4) is 0 Å². The summed E-state index contributed by atoms with van der Waals surface area (Å²) in [4.78, 5) is 26.4. The van der Waals surface area contributed by atoms with E-state index in [0.717, 1.165) is 67.2 Å². The van der Waals surface area contributed by atoms with E-state index in [1.807, 2.05) is 42.8 Å². The van der Waals surface area contributed by atoms with Crippen molar-refractivity contribution in [3.63, 3.8) is 0 Å². The molecular formula is C24H35N5O2. The predicted octanol–water partition coefficient (Wildman–Crippen LogP) is 3.03. The van der Waals surface area contributed by atoms with Crippen LogP contribution >= 0.6 is 0 Å². The molecule has 1 unspecified atom stereocenters. The number of aryl methyl sites for hydroxylation is 1. The molecule has 1 aliphatic rings. The van der Waals surface area contributed by atoms with E-state index in [1.54, 1.807) is 0 Å². The van der Waals surface area contributed by atoms with Crippen molar-refractivity contribution in [3.05, 3.63) is 46.8 Å². The third kappa shape index (κ3) is 6.17. The van der Waals surface area contributed by atoms with Crippen molar-refractivity contribution < 1.29 is 9.59 Å². The van der Waals surface area contributed by atoms with Gasteiger partial charge < -0.3 is 11.1 Å². The van der Waals surface area contributed by atoms with Gasteiger partial charge in [-0.3, -0.25) is 19.2 Å². The van der Waals surface area contributed by atoms with Crippen LogP contribution in [0.5, 0.6) is 0 Å². The summed E-state index contributed by atoms with van der Waals surface area (Å²) in [5.41, 5.74) is 10.4. The number of nitrogens with two attached hydrogens (primary N) is 1. The Morgan fingerprint density at radius 1 is 1.23 bits per heavy atom. The number of primary amides is 1. The molecule has 1 aromatic heterocycles. The zero-order valence-electron chi connectivity index (χ0n) is 19.1. The topological polar surface area (TPSA) is 93.2 Å². The Bertz CT molecular complexity index is 917. The van der Waals surface area contributed by atoms with Crippen LogP contribution in [0.4, 0.5) is 5.69 Å². The molecule has 31 heavy (non-hydrogen) atoms. The second kappa shape index (κ2) is 10.1. The zero-order chi connectivity index (χ0) is 22.5. The molecule has 0 aliphatic carbocycles. The number of hydrogen-bond donors (Lipinski definition) is 2. The fourth-order valence-corrected chi connectivity index (χ4v) is 4.26. The summed E-state index contributed by atoms with van der Waals surface area (Å²) in [5.74, 6) is 0.209. The Morgan fingerprint density at radius 3 is 2.58 bits per heavy atom. The standard InChI is InChI=1S/C24H35N5O2/c1-16(2)13-29-18(4)22(17(3)27-29)12-23(30)26-21-9-7-19(8-10-21)14-28-11-5-6-20(15-28)24(25)31/h7-10,16,20H,5-6,11-15H2,1-4H3,(H2,25,31)(H,26,30). The van der Waals surface area contributed by atoms with Crippen LogP contribution in [0.25, 0.3) is 0 Å². The van der Waals surface area contributed by atoms with Gasteiger partial charge >= 0.3 is 0 Å². The molecule has 1 aromatic carbocycles. The summed E-state index contributed by atoms with van der Waals surface area (Å²) in [6, 6.07) is 7.93. The van der Waals surface area contributed by atoms with E-state index in [4.69, 9.17) is 5.73 Å². The molecule has 1 fully saturated rings. The molecule has 0 radical (unpaired) electrons. The quantitative estimate of drug-likeness (QED) is 0.680. The zero-order valence-corrected chi connectivity index (χ0v) is 19.1. The predicted molar refractivity (Wildman–Crippen MR) is 123 cm³/mol. The third-order valence-corrected chi connectivity index (χ3v) is 5.96. The van der Waals surface area contributed by atoms with Gasteiger partial charge in [-0.15, -0.1) is 0 Å². The summed E-state index contributed by atoms with van der Waals surface area (Å²) in [7, 11) is 0. The van der Waals surface area contributed by atoms with Gasteiger partial charge in [-0.2, -0.15) is 5.10 Å². The fourth-order valence-electron chi connectivity index (χ4n) is 4.26. The lowest BCUT2D eigenvalue weighted by molar-refractivity contribution is -0.123. The molecule has 0 saturated carbocycles. The van der Waals surface area contributed by atoms with E-state index in [0.29, 0.717) is 12.3 Å². The molecule has 7 nitrogen and oxygen atoms in total. The first-order valence-corrected chi connectivity index (χ1v) is 11.2. The number of benzene rings is 1. The van der Waals surface area contributed by atoms with Gasteiger partial charge in [0.2, 0.25) is 11.8 Å². The molecular weight excluding hydrogens is 390 g/mol. The Labute approximate surface area is 185 Å². The number of anilines is 1. The van der Waals surface area contributed by atoms with E-state index >= 15 is 0 Å². The molecule has 3 N–H and O–H groups in total. The summed E-state index contributed by atoms with van der Waals surface area (Å²) in [6.07, 6.45) is 2.19. The summed E-state index contributed by atoms with van der Waals surface area (Å²) in [5, 5.41) is 7.59. The Hall–Kier alpha value is -2.67. The minimum Gasteiger partial charge on any atom is -0.369 e. The first-order chi connectivity index (χ1) is 14.7. The Kier molecular flexibility index (Phi) is 7.49. The Morgan fingerprint density at radius 2 is 1.94 bits per heavy atom. The smallest absolute Gasteiger partial charge is 0.228 e. The van der Waals surface area contributed by atoms with Gasteiger partial charge in [-0.05, 0) is 56.8 Å². The van der Waals surface area contributed by atoms with E-state index in [9.17, 15) is 9.59 Å². The van der Waals surface area contributed by atoms with Crippen molar-refractivity contribution in [3.8, 4) is 0 Å². The van der Waals surface area contributed by atoms with Crippen LogP contribution in [-0.4, -0.2) is 39.6 Å². The number of nitrogens with zero attached hydrogens (tertiary/aromatic N) is 3. The van der Waals surface area contributed by atoms with Crippen LogP contribution in [0.15, 0.2) is 24.3 Å². The molecule has 0 spiro atoms. The maximum Gasteiger partial charge on any atom is 0.228 e. The van der Waals surface area contributed by atoms with E-state index < -0.39 is 0 Å². The average Bonchev–Trinajstić information content (AvgIpc) is 2.96. The summed E-state index contributed by atoms with van der Waals surface area (Å²) >= 11 is 0. The maximum atomic E-state index is 12.6. The van der Waals surface area contributed by atoms with Crippen molar-refractivity contribution in [2.24, 2.45) is 17.6 Å². The molecule has 3 rings (SSSR count). The van der Waals surface area contributed by atoms with Gasteiger partial charge in [0.05, 0.1) is 18.0 Å². The second-order valence-corrected chi connectivity index (χ2v) is 9.12. The minimum atomic E-state index is -0.206. The highest BCUT2D eigenvalue weighted by Gasteiger charge is 2.23. The van der Waals surface area contributed by atoms with Gasteiger partial charge in [0.1, 0.15) is 0 Å². The van der Waals surface area contributed by atoms with Gasteiger partial charge in [-0.25, -0.2) is 0 Å². The van der Waals surface area contributed by atoms with Crippen LogP contribution < -0.4 is 11.1 Å². The molecule has 1 aliphatic heterocycles. The lowest BCUT2D eigenvalue weighted by Gasteiger charge is -2.31. The van der Waals surface area contributed by atoms with Crippen LogP contribution in [-0.2, 0) is 29.1 Å². The first kappa shape index (κ1) is 23.0. The van der Waals surface area contributed by atoms with Crippen molar-refractivity contribution in [1.29, 1.82) is 0 Å². The maximum absolute atomic E-state index is 12.6. The first-order valence-electron chi connectivity index (χ1n) is 11.2. The number of hydrogen-bond acceptors (Lipinski definition) is 4. The number of aromatic nitrogens is 2. The minimum absolute atomic E-state index is 0.0385. The lowest BCUT2D eigenvalue weighted by atomic mass is 9.97. The number of carbonyl (C=O) groups is 2. The number of nitrogens with one attached hydrogen (secondary N) is 1. The monoisotopic (exact) mass is 425 g/mol. The highest BCUT2D eigenvalue weighted by atomic mass is 16.2. The van der Waals surface area contributed by atoms with E-state index in [1.165, 1.54) is 0 Å². The highest BCUT2D eigenvalue weighted by Crippen LogP contribution is 2.20. The summed E-state index contributed by atoms with van der Waals surface area (Å²) < 4.78 is 2.00. The molecule has 1 atom stereocenters. The van der Waals surface area contributed by atoms with Gasteiger partial charge in [0.25, 0.3) is 0 Å². The van der Waals surface area contributed by atoms with Gasteiger partial charge in [0, 0.05) is 36.6 Å². The number of rotatable bonds is 8. The normalized spacial score (nSPS) is 17.1. The molecule has 1 saturated heterocycles. The van der Waals surface area contributed by atoms with Crippen molar-refractivity contribution >= 4 is 17.5 Å². The largest absolute Gasteiger partial charge is 0.369 e. The number of likely N-dealkylation sites (tertiary alicyclic amines) is 1. The lowest BCUT2D eigenvalue weighted by Crippen LogP contribution is -2.40. The van der Waals surface area contributed by atoms with Crippen molar-refractivity contribution in [1.82, 2.24) is 14.7 Å². The third-order valence-electron chi connectivity index (χ3n) is 5.96. The molecule has 168 valence electrons. The van der Waals surface area contributed by atoms with E-state index in [-0.39, 0.29) is 17.7 Å². The Balaban J connectivity index is 1.56. The second-order valence-electron chi connectivity index (χ2n) is 9.12. The summed E-state index contributed by atoms with van der Waals surface area (Å²) in [6.45, 7) is 11.6. The SMILES string of the molecule is Cc1nn(CC(C)C)c(C)c1CC(=O)Nc1ccc(CN2CCCC(C(N)=O)C2)cc1. The number of carbonyl (C=O) groups excluding carboxylic acids is 2. The van der Waals surface area contributed by atoms with Crippen molar-refractivity contribution in [2.75, 3.05) is 18.4 Å². The molecule has 2 aromatic rings. The van der Waals surface area contributed by atoms with E-state index in [2.05, 4.69) is 29.2 Å². The number of piperidine rings is 1. The molecule has 0 bridgehead atoms. The molecule has 7 heteroatoms. The average molecular weight is 426 g/mol. The molecule has 2 heterocycles. The molecule has 2 amide bonds. The van der Waals surface area contributed by atoms with Crippen molar-refractivity contribution in [2.45, 2.75) is 60.0 Å². The van der Waals surface area contributed by atoms with Crippen LogP contribution in [0.1, 0.15) is 49.2 Å². The van der Waals surface area contributed by atoms with Gasteiger partial charge in [0.15, 0.2) is 0 Å². The fraction of sp³-hybridized carbons (Fsp3) is 0.542. The highest BCUT2D eigenvalue weighted by molar-refractivity contribution is 5.92. The van der Waals surface area contributed by atoms with Gasteiger partial charge in [-0.1, -0.05) is 26.0 Å².